The molecule has 3 amide bonds. The van der Waals surface area contributed by atoms with E-state index in [2.05, 4.69) is 15.9 Å². The molecule has 0 spiro atoms. The summed E-state index contributed by atoms with van der Waals surface area (Å²) >= 11 is 4.24. The normalized spacial score (nSPS) is 17.0. The highest BCUT2D eigenvalue weighted by Gasteiger charge is 2.37. The van der Waals surface area contributed by atoms with Crippen molar-refractivity contribution in [2.24, 2.45) is 0 Å². The van der Waals surface area contributed by atoms with Crippen molar-refractivity contribution in [1.82, 2.24) is 9.80 Å². The summed E-state index contributed by atoms with van der Waals surface area (Å²) in [7, 11) is 0. The number of thioether (sulfide) groups is 1. The van der Waals surface area contributed by atoms with E-state index in [9.17, 15) is 24.5 Å². The third-order valence-corrected chi connectivity index (χ3v) is 6.92. The molecule has 2 aliphatic rings. The first-order valence-corrected chi connectivity index (χ1v) is 12.1. The topological polar surface area (TPSA) is 110 Å². The number of non-ortho nitro benzene ring substituents is 1. The molecule has 0 unspecified atom stereocenters. The van der Waals surface area contributed by atoms with Crippen LogP contribution in [0.2, 0.25) is 0 Å². The SMILES string of the molecule is O=C(CN1C(=O)S/C(=C/c2ccc(OCc3cccc([N+](=O)[O-])c3)c(Br)c2)C1=O)N1CCCC1. The molecule has 0 N–H and O–H groups in total. The van der Waals surface area contributed by atoms with Gasteiger partial charge in [0.05, 0.1) is 14.3 Å². The molecule has 0 saturated carbocycles. The molecule has 9 nitrogen and oxygen atoms in total. The Bertz CT molecular complexity index is 1190. The van der Waals surface area contributed by atoms with Crippen LogP contribution in [0.5, 0.6) is 5.75 Å². The maximum absolute atomic E-state index is 12.7. The van der Waals surface area contributed by atoms with Gasteiger partial charge in [-0.25, -0.2) is 0 Å². The van der Waals surface area contributed by atoms with E-state index >= 15 is 0 Å². The molecule has 2 aliphatic heterocycles. The maximum Gasteiger partial charge on any atom is 0.294 e. The predicted molar refractivity (Wildman–Crippen MR) is 130 cm³/mol. The number of amides is 3. The van der Waals surface area contributed by atoms with Crippen LogP contribution < -0.4 is 4.74 Å². The van der Waals surface area contributed by atoms with Gasteiger partial charge in [0.1, 0.15) is 18.9 Å². The molecule has 0 radical (unpaired) electrons. The Kier molecular flexibility index (Phi) is 7.32. The summed E-state index contributed by atoms with van der Waals surface area (Å²) in [6.45, 7) is 1.22. The van der Waals surface area contributed by atoms with Crippen molar-refractivity contribution in [2.45, 2.75) is 19.4 Å². The second-order valence-electron chi connectivity index (χ2n) is 7.76. The summed E-state index contributed by atoms with van der Waals surface area (Å²) in [5.41, 5.74) is 1.32. The van der Waals surface area contributed by atoms with Gasteiger partial charge in [0.2, 0.25) is 5.91 Å². The molecule has 0 bridgehead atoms. The number of halogens is 1. The summed E-state index contributed by atoms with van der Waals surface area (Å²) in [6.07, 6.45) is 3.47. The van der Waals surface area contributed by atoms with E-state index in [0.29, 0.717) is 34.4 Å². The van der Waals surface area contributed by atoms with Crippen molar-refractivity contribution >= 4 is 56.5 Å². The van der Waals surface area contributed by atoms with Gasteiger partial charge in [-0.1, -0.05) is 18.2 Å². The van der Waals surface area contributed by atoms with Crippen molar-refractivity contribution in [3.63, 3.8) is 0 Å². The highest BCUT2D eigenvalue weighted by atomic mass is 79.9. The standard InChI is InChI=1S/C23H20BrN3O6S/c24-18-11-15(6-7-19(18)33-14-16-4-3-5-17(10-16)27(31)32)12-20-22(29)26(23(30)34-20)13-21(28)25-8-1-2-9-25/h3-7,10-12H,1-2,8-9,13-14H2/b20-12+. The molecule has 11 heteroatoms. The summed E-state index contributed by atoms with van der Waals surface area (Å²) in [6, 6.07) is 11.4. The predicted octanol–water partition coefficient (Wildman–Crippen LogP) is 4.60. The lowest BCUT2D eigenvalue weighted by atomic mass is 10.2. The van der Waals surface area contributed by atoms with E-state index in [-0.39, 0.29) is 29.7 Å². The zero-order valence-electron chi connectivity index (χ0n) is 17.9. The lowest BCUT2D eigenvalue weighted by Crippen LogP contribution is -2.40. The van der Waals surface area contributed by atoms with Gasteiger partial charge in [-0.05, 0) is 69.9 Å². The summed E-state index contributed by atoms with van der Waals surface area (Å²) in [5.74, 6) is -0.174. The fourth-order valence-corrected chi connectivity index (χ4v) is 4.98. The number of benzene rings is 2. The van der Waals surface area contributed by atoms with E-state index < -0.39 is 16.1 Å². The molecular formula is C23H20BrN3O6S. The zero-order chi connectivity index (χ0) is 24.2. The van der Waals surface area contributed by atoms with Crippen molar-refractivity contribution < 1.29 is 24.0 Å². The van der Waals surface area contributed by atoms with Crippen molar-refractivity contribution in [1.29, 1.82) is 0 Å². The molecule has 0 aromatic heterocycles. The lowest BCUT2D eigenvalue weighted by Gasteiger charge is -2.18. The van der Waals surface area contributed by atoms with Crippen molar-refractivity contribution in [3.8, 4) is 5.75 Å². The Morgan fingerprint density at radius 1 is 1.18 bits per heavy atom. The van der Waals surface area contributed by atoms with Crippen LogP contribution in [-0.2, 0) is 16.2 Å². The molecule has 2 aromatic rings. The maximum atomic E-state index is 12.7. The van der Waals surface area contributed by atoms with Gasteiger partial charge in [0, 0.05) is 25.2 Å². The van der Waals surface area contributed by atoms with Gasteiger partial charge in [0.25, 0.3) is 16.8 Å². The Morgan fingerprint density at radius 2 is 1.94 bits per heavy atom. The molecule has 2 heterocycles. The van der Waals surface area contributed by atoms with Crippen LogP contribution in [0.4, 0.5) is 10.5 Å². The molecule has 2 saturated heterocycles. The van der Waals surface area contributed by atoms with Crippen LogP contribution in [0, 0.1) is 10.1 Å². The molecular weight excluding hydrogens is 526 g/mol. The zero-order valence-corrected chi connectivity index (χ0v) is 20.3. The van der Waals surface area contributed by atoms with Gasteiger partial charge >= 0.3 is 0 Å². The Balaban J connectivity index is 1.41. The molecule has 2 aromatic carbocycles. The van der Waals surface area contributed by atoms with Crippen LogP contribution in [0.25, 0.3) is 6.08 Å². The largest absolute Gasteiger partial charge is 0.488 e. The minimum absolute atomic E-state index is 0.00779. The number of hydrogen-bond donors (Lipinski definition) is 0. The molecule has 4 rings (SSSR count). The minimum atomic E-state index is -0.482. The molecule has 2 fully saturated rings. The number of nitro benzene ring substituents is 1. The fourth-order valence-electron chi connectivity index (χ4n) is 3.63. The first kappa shape index (κ1) is 24.0. The summed E-state index contributed by atoms with van der Waals surface area (Å²) in [4.78, 5) is 50.8. The van der Waals surface area contributed by atoms with E-state index in [0.717, 1.165) is 29.5 Å². The van der Waals surface area contributed by atoms with Crippen LogP contribution in [0.1, 0.15) is 24.0 Å². The smallest absolute Gasteiger partial charge is 0.294 e. The van der Waals surface area contributed by atoms with Gasteiger partial charge < -0.3 is 9.64 Å². The third-order valence-electron chi connectivity index (χ3n) is 5.40. The number of likely N-dealkylation sites (tertiary alicyclic amines) is 1. The molecule has 0 atom stereocenters. The van der Waals surface area contributed by atoms with Crippen molar-refractivity contribution in [3.05, 3.63) is 73.1 Å². The number of carbonyl (C=O) groups excluding carboxylic acids is 3. The second-order valence-corrected chi connectivity index (χ2v) is 9.61. The van der Waals surface area contributed by atoms with Crippen LogP contribution in [0.3, 0.4) is 0 Å². The Morgan fingerprint density at radius 3 is 2.65 bits per heavy atom. The van der Waals surface area contributed by atoms with Crippen molar-refractivity contribution in [2.75, 3.05) is 19.6 Å². The molecule has 34 heavy (non-hydrogen) atoms. The van der Waals surface area contributed by atoms with E-state index in [1.165, 1.54) is 12.1 Å². The second kappa shape index (κ2) is 10.4. The number of nitro groups is 1. The fraction of sp³-hybridized carbons (Fsp3) is 0.261. The van der Waals surface area contributed by atoms with Gasteiger partial charge in [-0.3, -0.25) is 29.4 Å². The Hall–Kier alpha value is -3.18. The first-order valence-electron chi connectivity index (χ1n) is 10.5. The van der Waals surface area contributed by atoms with E-state index in [1.54, 1.807) is 41.3 Å². The third kappa shape index (κ3) is 5.48. The first-order chi connectivity index (χ1) is 16.3. The average Bonchev–Trinajstić information content (AvgIpc) is 3.44. The van der Waals surface area contributed by atoms with Crippen LogP contribution >= 0.6 is 27.7 Å². The molecule has 176 valence electrons. The number of nitrogens with zero attached hydrogens (tertiary/aromatic N) is 3. The number of ether oxygens (including phenoxy) is 1. The minimum Gasteiger partial charge on any atom is -0.488 e. The average molecular weight is 546 g/mol. The highest BCUT2D eigenvalue weighted by Crippen LogP contribution is 2.34. The van der Waals surface area contributed by atoms with Gasteiger partial charge in [-0.2, -0.15) is 0 Å². The summed E-state index contributed by atoms with van der Waals surface area (Å²) in [5, 5.41) is 10.5. The number of hydrogen-bond acceptors (Lipinski definition) is 7. The van der Waals surface area contributed by atoms with Crippen LogP contribution in [0.15, 0.2) is 51.8 Å². The summed E-state index contributed by atoms with van der Waals surface area (Å²) < 4.78 is 6.38. The highest BCUT2D eigenvalue weighted by molar-refractivity contribution is 9.10. The quantitative estimate of drug-likeness (QED) is 0.284. The van der Waals surface area contributed by atoms with E-state index in [1.807, 2.05) is 0 Å². The number of carbonyl (C=O) groups is 3. The van der Waals surface area contributed by atoms with Gasteiger partial charge in [-0.15, -0.1) is 0 Å². The lowest BCUT2D eigenvalue weighted by molar-refractivity contribution is -0.384. The number of imide groups is 1. The molecule has 0 aliphatic carbocycles. The van der Waals surface area contributed by atoms with Gasteiger partial charge in [0.15, 0.2) is 0 Å². The number of rotatable bonds is 7. The van der Waals surface area contributed by atoms with E-state index in [4.69, 9.17) is 4.74 Å². The van der Waals surface area contributed by atoms with Crippen LogP contribution in [-0.4, -0.2) is 51.4 Å². The Labute approximate surface area is 208 Å². The monoisotopic (exact) mass is 545 g/mol.